The highest BCUT2D eigenvalue weighted by Gasteiger charge is 2.60. The minimum atomic E-state index is -1.45. The Morgan fingerprint density at radius 1 is 1.05 bits per heavy atom. The monoisotopic (exact) mass is 502 g/mol. The zero-order valence-electron chi connectivity index (χ0n) is 21.8. The van der Waals surface area contributed by atoms with Gasteiger partial charge in [-0.1, -0.05) is 42.5 Å². The van der Waals surface area contributed by atoms with Crippen molar-refractivity contribution in [3.63, 3.8) is 0 Å². The first-order chi connectivity index (χ1) is 17.7. The molecule has 0 bridgehead atoms. The second kappa shape index (κ2) is 9.76. The molecule has 2 aromatic carbocycles. The third kappa shape index (κ3) is 4.91. The number of nitrogens with zero attached hydrogens (tertiary/aromatic N) is 3. The summed E-state index contributed by atoms with van der Waals surface area (Å²) in [5.74, 6) is -1.68. The fourth-order valence-electron chi connectivity index (χ4n) is 5.47. The molecule has 2 aliphatic rings. The van der Waals surface area contributed by atoms with Gasteiger partial charge in [0.25, 0.3) is 11.8 Å². The maximum Gasteiger partial charge on any atom is 0.258 e. The van der Waals surface area contributed by atoms with Crippen LogP contribution in [0.5, 0.6) is 0 Å². The largest absolute Gasteiger partial charge is 0.347 e. The first-order valence-corrected chi connectivity index (χ1v) is 12.8. The first-order valence-electron chi connectivity index (χ1n) is 12.8. The Bertz CT molecular complexity index is 1240. The zero-order chi connectivity index (χ0) is 26.2. The highest BCUT2D eigenvalue weighted by molar-refractivity contribution is 5.95. The third-order valence-corrected chi connectivity index (χ3v) is 7.24. The molecule has 37 heavy (non-hydrogen) atoms. The minimum absolute atomic E-state index is 0.0474. The maximum absolute atomic E-state index is 14.0. The molecular formula is C29H34N4O4. The summed E-state index contributed by atoms with van der Waals surface area (Å²) < 4.78 is 14.0. The number of nitrogens with one attached hydrogen (secondary N) is 1. The number of carbonyl (C=O) groups excluding carboxylic acids is 2. The van der Waals surface area contributed by atoms with E-state index in [0.29, 0.717) is 6.54 Å². The predicted octanol–water partition coefficient (Wildman–Crippen LogP) is 4.32. The number of rotatable bonds is 6. The summed E-state index contributed by atoms with van der Waals surface area (Å²) in [5.41, 5.74) is 1.50. The van der Waals surface area contributed by atoms with Crippen molar-refractivity contribution in [3.05, 3.63) is 84.2 Å². The highest BCUT2D eigenvalue weighted by atomic mass is 16.8. The number of likely N-dealkylation sites (tertiary alicyclic amines) is 1. The van der Waals surface area contributed by atoms with Crippen molar-refractivity contribution in [2.75, 3.05) is 6.54 Å². The fourth-order valence-corrected chi connectivity index (χ4v) is 5.47. The minimum Gasteiger partial charge on any atom is -0.347 e. The van der Waals surface area contributed by atoms with Crippen LogP contribution in [0.25, 0.3) is 5.69 Å². The molecule has 0 radical (unpaired) electrons. The summed E-state index contributed by atoms with van der Waals surface area (Å²) >= 11 is 0. The molecule has 0 saturated carbocycles. The van der Waals surface area contributed by atoms with Gasteiger partial charge in [0.2, 0.25) is 0 Å². The summed E-state index contributed by atoms with van der Waals surface area (Å²) in [7, 11) is 0. The molecule has 8 heteroatoms. The standard InChI is InChI=1S/C29H34N4O4/c1-20(21-13-15-23(16-14-21)33-19-9-17-30-33)31-26(34)25-29(4,37-28(2,3)36-25)27(35)32-18-8-12-24(32)22-10-6-5-7-11-22/h5-7,9-11,13-17,19-20,24-25H,8,12,18H2,1-4H3,(H,31,34)/t20-,24?,25+,29-/m1/s1. The lowest BCUT2D eigenvalue weighted by Gasteiger charge is -2.35. The van der Waals surface area contributed by atoms with Crippen LogP contribution >= 0.6 is 0 Å². The van der Waals surface area contributed by atoms with E-state index in [-0.39, 0.29) is 23.9 Å². The van der Waals surface area contributed by atoms with Gasteiger partial charge in [0.05, 0.1) is 17.8 Å². The van der Waals surface area contributed by atoms with Crippen LogP contribution < -0.4 is 5.32 Å². The molecule has 8 nitrogen and oxygen atoms in total. The van der Waals surface area contributed by atoms with Crippen LogP contribution in [0.15, 0.2) is 73.1 Å². The summed E-state index contributed by atoms with van der Waals surface area (Å²) in [4.78, 5) is 29.4. The van der Waals surface area contributed by atoms with Gasteiger partial charge in [-0.3, -0.25) is 9.59 Å². The van der Waals surface area contributed by atoms with Crippen LogP contribution in [0, 0.1) is 0 Å². The Hall–Kier alpha value is -3.49. The molecule has 1 aromatic heterocycles. The molecule has 194 valence electrons. The summed E-state index contributed by atoms with van der Waals surface area (Å²) in [5, 5.41) is 7.28. The molecular weight excluding hydrogens is 468 g/mol. The van der Waals surface area contributed by atoms with Crippen LogP contribution in [0.1, 0.15) is 63.7 Å². The summed E-state index contributed by atoms with van der Waals surface area (Å²) in [6, 6.07) is 19.3. The van der Waals surface area contributed by atoms with Gasteiger partial charge >= 0.3 is 0 Å². The molecule has 2 saturated heterocycles. The molecule has 0 spiro atoms. The quantitative estimate of drug-likeness (QED) is 0.543. The third-order valence-electron chi connectivity index (χ3n) is 7.24. The number of carbonyl (C=O) groups is 2. The van der Waals surface area contributed by atoms with Crippen LogP contribution in [0.4, 0.5) is 0 Å². The second-order valence-electron chi connectivity index (χ2n) is 10.4. The van der Waals surface area contributed by atoms with E-state index >= 15 is 0 Å². The normalized spacial score (nSPS) is 25.7. The molecule has 1 unspecified atom stereocenters. The summed E-state index contributed by atoms with van der Waals surface area (Å²) in [6.45, 7) is 7.68. The van der Waals surface area contributed by atoms with Gasteiger partial charge in [-0.2, -0.15) is 5.10 Å². The SMILES string of the molecule is C[C@@H](NC(=O)[C@@H]1OC(C)(C)O[C@@]1(C)C(=O)N1CCCC1c1ccccc1)c1ccc(-n2cccn2)cc1. The van der Waals surface area contributed by atoms with E-state index in [2.05, 4.69) is 10.4 Å². The van der Waals surface area contributed by atoms with Crippen LogP contribution in [-0.2, 0) is 19.1 Å². The van der Waals surface area contributed by atoms with Crippen molar-refractivity contribution in [2.24, 2.45) is 0 Å². The number of hydrogen-bond donors (Lipinski definition) is 1. The molecule has 2 aliphatic heterocycles. The zero-order valence-corrected chi connectivity index (χ0v) is 21.8. The van der Waals surface area contributed by atoms with Crippen molar-refractivity contribution < 1.29 is 19.1 Å². The van der Waals surface area contributed by atoms with E-state index in [0.717, 1.165) is 29.7 Å². The van der Waals surface area contributed by atoms with Gasteiger partial charge in [0.15, 0.2) is 17.5 Å². The number of ether oxygens (including phenoxy) is 2. The van der Waals surface area contributed by atoms with E-state index in [4.69, 9.17) is 9.47 Å². The predicted molar refractivity (Wildman–Crippen MR) is 139 cm³/mol. The molecule has 3 heterocycles. The van der Waals surface area contributed by atoms with Crippen molar-refractivity contribution >= 4 is 11.8 Å². The Kier molecular flexibility index (Phi) is 6.64. The molecule has 1 N–H and O–H groups in total. The van der Waals surface area contributed by atoms with Gasteiger partial charge in [-0.25, -0.2) is 4.68 Å². The second-order valence-corrected chi connectivity index (χ2v) is 10.4. The van der Waals surface area contributed by atoms with E-state index in [1.807, 2.05) is 78.7 Å². The van der Waals surface area contributed by atoms with Gasteiger partial charge in [-0.15, -0.1) is 0 Å². The van der Waals surface area contributed by atoms with E-state index < -0.39 is 17.5 Å². The van der Waals surface area contributed by atoms with Gasteiger partial charge in [-0.05, 0) is 69.9 Å². The summed E-state index contributed by atoms with van der Waals surface area (Å²) in [6.07, 6.45) is 4.29. The Labute approximate surface area is 217 Å². The van der Waals surface area contributed by atoms with Gasteiger partial charge in [0, 0.05) is 18.9 Å². The Morgan fingerprint density at radius 2 is 1.78 bits per heavy atom. The van der Waals surface area contributed by atoms with Crippen molar-refractivity contribution in [1.29, 1.82) is 0 Å². The van der Waals surface area contributed by atoms with Gasteiger partial charge < -0.3 is 19.7 Å². The van der Waals surface area contributed by atoms with Crippen LogP contribution in [-0.4, -0.2) is 50.5 Å². The van der Waals surface area contributed by atoms with Gasteiger partial charge in [0.1, 0.15) is 0 Å². The van der Waals surface area contributed by atoms with E-state index in [1.165, 1.54) is 0 Å². The number of hydrogen-bond acceptors (Lipinski definition) is 5. The number of amides is 2. The lowest BCUT2D eigenvalue weighted by atomic mass is 9.94. The van der Waals surface area contributed by atoms with Crippen molar-refractivity contribution in [1.82, 2.24) is 20.0 Å². The first kappa shape index (κ1) is 25.2. The van der Waals surface area contributed by atoms with Crippen molar-refractivity contribution in [2.45, 2.75) is 70.1 Å². The molecule has 4 atom stereocenters. The number of benzene rings is 2. The molecule has 5 rings (SSSR count). The Balaban J connectivity index is 1.34. The lowest BCUT2D eigenvalue weighted by Crippen LogP contribution is -2.57. The lowest BCUT2D eigenvalue weighted by molar-refractivity contribution is -0.178. The number of aromatic nitrogens is 2. The highest BCUT2D eigenvalue weighted by Crippen LogP contribution is 2.42. The molecule has 3 aromatic rings. The molecule has 2 fully saturated rings. The van der Waals surface area contributed by atoms with Crippen LogP contribution in [0.3, 0.4) is 0 Å². The molecule has 2 amide bonds. The molecule has 0 aliphatic carbocycles. The fraction of sp³-hybridized carbons (Fsp3) is 0.414. The average molecular weight is 503 g/mol. The van der Waals surface area contributed by atoms with Crippen molar-refractivity contribution in [3.8, 4) is 5.69 Å². The Morgan fingerprint density at radius 3 is 2.46 bits per heavy atom. The topological polar surface area (TPSA) is 85.7 Å². The smallest absolute Gasteiger partial charge is 0.258 e. The average Bonchev–Trinajstić information content (AvgIpc) is 3.64. The van der Waals surface area contributed by atoms with E-state index in [9.17, 15) is 9.59 Å². The maximum atomic E-state index is 14.0. The van der Waals surface area contributed by atoms with Crippen LogP contribution in [0.2, 0.25) is 0 Å². The van der Waals surface area contributed by atoms with E-state index in [1.54, 1.807) is 31.6 Å².